The van der Waals surface area contributed by atoms with Gasteiger partial charge in [0.25, 0.3) is 0 Å². The molecule has 1 unspecified atom stereocenters. The first-order valence-corrected chi connectivity index (χ1v) is 7.42. The molecule has 118 valence electrons. The predicted octanol–water partition coefficient (Wildman–Crippen LogP) is 2.72. The third-order valence-electron chi connectivity index (χ3n) is 2.50. The Balaban J connectivity index is 2.56. The number of carbonyl (C=O) groups is 1. The van der Waals surface area contributed by atoms with Crippen LogP contribution in [-0.2, 0) is 23.1 Å². The van der Waals surface area contributed by atoms with Gasteiger partial charge in [0.05, 0.1) is 0 Å². The first kappa shape index (κ1) is 17.6. The maximum atomic E-state index is 13.3. The third-order valence-corrected chi connectivity index (χ3v) is 4.51. The molecule has 9 heteroatoms. The number of benzene rings is 1. The highest BCUT2D eigenvalue weighted by Crippen LogP contribution is 2.51. The zero-order chi connectivity index (χ0) is 16.0. The minimum atomic E-state index is -3.56. The van der Waals surface area contributed by atoms with E-state index < -0.39 is 37.7 Å². The highest BCUT2D eigenvalue weighted by atomic mass is 31.2. The molecule has 1 rings (SSSR count). The lowest BCUT2D eigenvalue weighted by Crippen LogP contribution is -2.22. The van der Waals surface area contributed by atoms with E-state index in [-0.39, 0.29) is 5.75 Å². The smallest absolute Gasteiger partial charge is 0.370 e. The number of rotatable bonds is 7. The molecule has 0 aliphatic rings. The first-order chi connectivity index (χ1) is 9.82. The first-order valence-electron chi connectivity index (χ1n) is 5.81. The number of hydrogen-bond donors (Lipinski definition) is 0. The van der Waals surface area contributed by atoms with Crippen LogP contribution in [0, 0.1) is 11.6 Å². The molecule has 0 heterocycles. The van der Waals surface area contributed by atoms with Crippen molar-refractivity contribution in [3.63, 3.8) is 0 Å². The molecule has 0 aliphatic heterocycles. The van der Waals surface area contributed by atoms with Gasteiger partial charge in [0.2, 0.25) is 0 Å². The van der Waals surface area contributed by atoms with E-state index in [1.807, 2.05) is 0 Å². The molecule has 0 aliphatic carbocycles. The molecular formula is C12H15F2O6P. The van der Waals surface area contributed by atoms with Crippen LogP contribution in [0.5, 0.6) is 5.75 Å². The largest absolute Gasteiger partial charge is 0.479 e. The van der Waals surface area contributed by atoms with Crippen LogP contribution in [0.25, 0.3) is 0 Å². The lowest BCUT2D eigenvalue weighted by atomic mass is 10.3. The van der Waals surface area contributed by atoms with Crippen molar-refractivity contribution in [1.82, 2.24) is 0 Å². The molecule has 0 fully saturated rings. The molecule has 0 aromatic heterocycles. The van der Waals surface area contributed by atoms with Crippen LogP contribution in [0.4, 0.5) is 8.78 Å². The topological polar surface area (TPSA) is 71.1 Å². The maximum absolute atomic E-state index is 13.3. The van der Waals surface area contributed by atoms with Crippen molar-refractivity contribution in [3.8, 4) is 5.75 Å². The molecule has 0 N–H and O–H groups in total. The second-order valence-electron chi connectivity index (χ2n) is 3.86. The van der Waals surface area contributed by atoms with E-state index in [0.717, 1.165) is 26.4 Å². The van der Waals surface area contributed by atoms with Crippen molar-refractivity contribution >= 4 is 13.6 Å². The zero-order valence-corrected chi connectivity index (χ0v) is 12.6. The number of esters is 1. The highest BCUT2D eigenvalue weighted by Gasteiger charge is 2.33. The van der Waals surface area contributed by atoms with Gasteiger partial charge in [-0.05, 0) is 19.1 Å². The molecule has 0 radical (unpaired) electrons. The lowest BCUT2D eigenvalue weighted by Gasteiger charge is -2.20. The van der Waals surface area contributed by atoms with Gasteiger partial charge in [0.15, 0.2) is 24.0 Å². The number of hydrogen-bond acceptors (Lipinski definition) is 6. The van der Waals surface area contributed by atoms with Crippen molar-refractivity contribution in [1.29, 1.82) is 0 Å². The number of ether oxygens (including phenoxy) is 2. The van der Waals surface area contributed by atoms with Crippen molar-refractivity contribution < 1.29 is 36.7 Å². The molecule has 1 aromatic carbocycles. The molecule has 0 spiro atoms. The van der Waals surface area contributed by atoms with Gasteiger partial charge in [0, 0.05) is 20.3 Å². The van der Waals surface area contributed by atoms with E-state index in [0.29, 0.717) is 6.07 Å². The van der Waals surface area contributed by atoms with Gasteiger partial charge < -0.3 is 18.5 Å². The van der Waals surface area contributed by atoms with E-state index in [9.17, 15) is 18.1 Å². The van der Waals surface area contributed by atoms with Gasteiger partial charge in [-0.2, -0.15) is 0 Å². The highest BCUT2D eigenvalue weighted by molar-refractivity contribution is 7.54. The van der Waals surface area contributed by atoms with Crippen LogP contribution in [0.2, 0.25) is 0 Å². The molecule has 0 saturated carbocycles. The summed E-state index contributed by atoms with van der Waals surface area (Å²) in [4.78, 5) is 11.5. The van der Waals surface area contributed by atoms with E-state index in [4.69, 9.17) is 9.47 Å². The summed E-state index contributed by atoms with van der Waals surface area (Å²) in [6, 6.07) is 2.64. The molecule has 6 nitrogen and oxygen atoms in total. The third kappa shape index (κ3) is 4.77. The van der Waals surface area contributed by atoms with Crippen LogP contribution < -0.4 is 4.74 Å². The molecule has 0 bridgehead atoms. The van der Waals surface area contributed by atoms with Crippen molar-refractivity contribution in [2.75, 3.05) is 20.8 Å². The summed E-state index contributed by atoms with van der Waals surface area (Å²) in [6.07, 6.45) is 0. The van der Waals surface area contributed by atoms with Gasteiger partial charge in [-0.25, -0.2) is 13.6 Å². The fraction of sp³-hybridized carbons (Fsp3) is 0.417. The molecule has 1 aromatic rings. The zero-order valence-electron chi connectivity index (χ0n) is 11.7. The Hall–Kier alpha value is -1.50. The van der Waals surface area contributed by atoms with Gasteiger partial charge >= 0.3 is 13.6 Å². The van der Waals surface area contributed by atoms with Crippen LogP contribution in [0.1, 0.15) is 6.92 Å². The molecule has 1 atom stereocenters. The average Bonchev–Trinajstić information content (AvgIpc) is 2.45. The minimum Gasteiger partial charge on any atom is -0.479 e. The van der Waals surface area contributed by atoms with E-state index in [1.165, 1.54) is 6.92 Å². The summed E-state index contributed by atoms with van der Waals surface area (Å²) < 4.78 is 56.8. The quantitative estimate of drug-likeness (QED) is 0.567. The van der Waals surface area contributed by atoms with E-state index >= 15 is 0 Å². The molecule has 21 heavy (non-hydrogen) atoms. The average molecular weight is 324 g/mol. The minimum absolute atomic E-state index is 0.303. The van der Waals surface area contributed by atoms with Crippen LogP contribution in [0.3, 0.4) is 0 Å². The standard InChI is InChI=1S/C12H15F2O6P/c1-8(21(16,17-2)18-3)20-12(15)7-19-11-5-4-9(13)6-10(11)14/h4-6,8H,7H2,1-3H3. The maximum Gasteiger partial charge on any atom is 0.370 e. The van der Waals surface area contributed by atoms with Crippen LogP contribution in [0.15, 0.2) is 18.2 Å². The molecular weight excluding hydrogens is 309 g/mol. The fourth-order valence-corrected chi connectivity index (χ4v) is 2.38. The second-order valence-corrected chi connectivity index (χ2v) is 6.39. The Morgan fingerprint density at radius 1 is 1.29 bits per heavy atom. The van der Waals surface area contributed by atoms with Crippen LogP contribution >= 0.6 is 7.60 Å². The number of carbonyl (C=O) groups excluding carboxylic acids is 1. The Morgan fingerprint density at radius 3 is 2.43 bits per heavy atom. The molecule has 0 amide bonds. The summed E-state index contributed by atoms with van der Waals surface area (Å²) in [5.74, 6) is -4.07. The van der Waals surface area contributed by atoms with Crippen molar-refractivity contribution in [3.05, 3.63) is 29.8 Å². The van der Waals surface area contributed by atoms with E-state index in [2.05, 4.69) is 9.05 Å². The lowest BCUT2D eigenvalue weighted by molar-refractivity contribution is -0.148. The van der Waals surface area contributed by atoms with Gasteiger partial charge in [-0.3, -0.25) is 4.57 Å². The van der Waals surface area contributed by atoms with E-state index in [1.54, 1.807) is 0 Å². The molecule has 0 saturated heterocycles. The summed E-state index contributed by atoms with van der Waals surface area (Å²) >= 11 is 0. The van der Waals surface area contributed by atoms with Gasteiger partial charge in [-0.1, -0.05) is 0 Å². The second kappa shape index (κ2) is 7.49. The predicted molar refractivity (Wildman–Crippen MR) is 69.0 cm³/mol. The fourth-order valence-electron chi connectivity index (χ4n) is 1.39. The van der Waals surface area contributed by atoms with Crippen LogP contribution in [-0.4, -0.2) is 32.6 Å². The summed E-state index contributed by atoms with van der Waals surface area (Å²) in [5, 5.41) is 0. The Labute approximate surface area is 120 Å². The number of halogens is 2. The van der Waals surface area contributed by atoms with Crippen molar-refractivity contribution in [2.24, 2.45) is 0 Å². The van der Waals surface area contributed by atoms with Crippen molar-refractivity contribution in [2.45, 2.75) is 12.8 Å². The summed E-state index contributed by atoms with van der Waals surface area (Å²) in [5.41, 5.74) is 0. The summed E-state index contributed by atoms with van der Waals surface area (Å²) in [6.45, 7) is 0.685. The Morgan fingerprint density at radius 2 is 1.90 bits per heavy atom. The summed E-state index contributed by atoms with van der Waals surface area (Å²) in [7, 11) is -1.26. The monoisotopic (exact) mass is 324 g/mol. The van der Waals surface area contributed by atoms with Gasteiger partial charge in [0.1, 0.15) is 5.82 Å². The Kier molecular flexibility index (Phi) is 6.26. The van der Waals surface area contributed by atoms with Gasteiger partial charge in [-0.15, -0.1) is 0 Å². The Bertz CT molecular complexity index is 543. The SMILES string of the molecule is COP(=O)(OC)C(C)OC(=O)COc1ccc(F)cc1F. The normalized spacial score (nSPS) is 12.8.